The molecule has 6 aromatic carbocycles. The molecule has 8 aromatic rings. The second-order valence-electron chi connectivity index (χ2n) is 13.1. The predicted octanol–water partition coefficient (Wildman–Crippen LogP) is 10.6. The zero-order valence-electron chi connectivity index (χ0n) is 27.9. The number of fused-ring (bicyclic) bond motifs is 6. The number of hydrogen-bond donors (Lipinski definition) is 0. The second-order valence-corrected chi connectivity index (χ2v) is 13.1. The maximum Gasteiger partial charge on any atom is 2.00 e. The monoisotopic (exact) mass is 845 g/mol. The van der Waals surface area contributed by atoms with Crippen LogP contribution in [0.4, 0.5) is 0 Å². The van der Waals surface area contributed by atoms with Crippen LogP contribution < -0.4 is 4.74 Å². The summed E-state index contributed by atoms with van der Waals surface area (Å²) in [6.07, 6.45) is 3.75. The van der Waals surface area contributed by atoms with Crippen LogP contribution in [-0.4, -0.2) is 9.97 Å². The molecule has 3 nitrogen and oxygen atoms in total. The molecule has 0 atom stereocenters. The first-order valence-corrected chi connectivity index (χ1v) is 17.2. The molecule has 0 saturated carbocycles. The third-order valence-electron chi connectivity index (χ3n) is 10.6. The summed E-state index contributed by atoms with van der Waals surface area (Å²) in [6.45, 7) is 0. The van der Waals surface area contributed by atoms with Crippen molar-refractivity contribution in [3.05, 3.63) is 239 Å². The van der Waals surface area contributed by atoms with E-state index in [1.807, 2.05) is 36.7 Å². The summed E-state index contributed by atoms with van der Waals surface area (Å²) < 4.78 is 6.74. The summed E-state index contributed by atoms with van der Waals surface area (Å²) in [5, 5.41) is 0. The number of pyridine rings is 2. The Morgan fingerprint density at radius 3 is 1.06 bits per heavy atom. The topological polar surface area (TPSA) is 35.0 Å². The minimum atomic E-state index is -0.667. The first-order valence-electron chi connectivity index (χ1n) is 17.2. The van der Waals surface area contributed by atoms with Gasteiger partial charge in [0, 0.05) is 23.9 Å². The van der Waals surface area contributed by atoms with Gasteiger partial charge in [-0.15, -0.1) is 35.4 Å². The van der Waals surface area contributed by atoms with Crippen molar-refractivity contribution < 1.29 is 25.8 Å². The summed E-state index contributed by atoms with van der Waals surface area (Å²) in [4.78, 5) is 9.95. The van der Waals surface area contributed by atoms with Gasteiger partial charge in [-0.1, -0.05) is 109 Å². The summed E-state index contributed by atoms with van der Waals surface area (Å²) in [7, 11) is 0. The Kier molecular flexibility index (Phi) is 7.83. The molecule has 2 aliphatic carbocycles. The quantitative estimate of drug-likeness (QED) is 0.156. The molecule has 0 N–H and O–H groups in total. The number of nitrogens with zero attached hydrogens (tertiary/aromatic N) is 2. The second kappa shape index (κ2) is 12.7. The number of aromatic nitrogens is 2. The van der Waals surface area contributed by atoms with Crippen LogP contribution in [0.5, 0.6) is 11.5 Å². The normalized spacial score (nSPS) is 13.9. The fraction of sp³-hybridized carbons (Fsp3) is 0.0417. The third kappa shape index (κ3) is 4.56. The predicted molar refractivity (Wildman–Crippen MR) is 201 cm³/mol. The fourth-order valence-electron chi connectivity index (χ4n) is 8.62. The molecule has 0 aliphatic heterocycles. The van der Waals surface area contributed by atoms with E-state index in [2.05, 4.69) is 158 Å². The zero-order valence-corrected chi connectivity index (χ0v) is 30.2. The van der Waals surface area contributed by atoms with Crippen LogP contribution >= 0.6 is 0 Å². The molecular formula is C48H30N2OPt. The maximum atomic E-state index is 6.74. The number of ether oxygens (including phenoxy) is 1. The van der Waals surface area contributed by atoms with Gasteiger partial charge in [-0.05, 0) is 68.8 Å². The van der Waals surface area contributed by atoms with E-state index < -0.39 is 10.8 Å². The average molecular weight is 846 g/mol. The van der Waals surface area contributed by atoms with Crippen molar-refractivity contribution >= 4 is 0 Å². The molecule has 52 heavy (non-hydrogen) atoms. The van der Waals surface area contributed by atoms with Gasteiger partial charge in [0.05, 0.1) is 22.2 Å². The Balaban J connectivity index is 0.00000360. The number of rotatable bonds is 6. The van der Waals surface area contributed by atoms with Crippen LogP contribution in [0.15, 0.2) is 182 Å². The van der Waals surface area contributed by atoms with Crippen LogP contribution in [0, 0.1) is 12.1 Å². The van der Waals surface area contributed by atoms with E-state index >= 15 is 0 Å². The molecule has 0 spiro atoms. The molecule has 0 bridgehead atoms. The smallest absolute Gasteiger partial charge is 0.509 e. The molecule has 2 aromatic heterocycles. The Hall–Kier alpha value is -5.89. The number of hydrogen-bond acceptors (Lipinski definition) is 3. The van der Waals surface area contributed by atoms with E-state index in [1.165, 1.54) is 44.5 Å². The van der Waals surface area contributed by atoms with Gasteiger partial charge in [0.1, 0.15) is 0 Å². The molecule has 4 heteroatoms. The van der Waals surface area contributed by atoms with Gasteiger partial charge >= 0.3 is 21.1 Å². The fourth-order valence-corrected chi connectivity index (χ4v) is 8.62. The van der Waals surface area contributed by atoms with Crippen LogP contribution in [0.3, 0.4) is 0 Å². The summed E-state index contributed by atoms with van der Waals surface area (Å²) >= 11 is 0. The Bertz CT molecular complexity index is 2310. The van der Waals surface area contributed by atoms with Crippen LogP contribution in [0.25, 0.3) is 22.3 Å². The van der Waals surface area contributed by atoms with Crippen molar-refractivity contribution in [3.63, 3.8) is 0 Å². The van der Waals surface area contributed by atoms with Crippen LogP contribution in [-0.2, 0) is 31.9 Å². The average Bonchev–Trinajstić information content (AvgIpc) is 3.68. The first kappa shape index (κ1) is 32.0. The summed E-state index contributed by atoms with van der Waals surface area (Å²) in [5.74, 6) is 1.22. The van der Waals surface area contributed by atoms with Gasteiger partial charge in [0.15, 0.2) is 0 Å². The molecule has 248 valence electrons. The summed E-state index contributed by atoms with van der Waals surface area (Å²) in [5.41, 5.74) is 12.0. The van der Waals surface area contributed by atoms with E-state index in [9.17, 15) is 0 Å². The Morgan fingerprint density at radius 2 is 0.712 bits per heavy atom. The molecule has 0 amide bonds. The van der Waals surface area contributed by atoms with Crippen molar-refractivity contribution in [2.45, 2.75) is 10.8 Å². The van der Waals surface area contributed by atoms with Crippen molar-refractivity contribution in [2.24, 2.45) is 0 Å². The van der Waals surface area contributed by atoms with Gasteiger partial charge in [0.2, 0.25) is 0 Å². The molecule has 10 rings (SSSR count). The molecule has 2 heterocycles. The van der Waals surface area contributed by atoms with E-state index in [1.54, 1.807) is 0 Å². The molecule has 0 unspecified atom stereocenters. The van der Waals surface area contributed by atoms with Gasteiger partial charge in [-0.25, -0.2) is 0 Å². The third-order valence-corrected chi connectivity index (χ3v) is 10.6. The minimum Gasteiger partial charge on any atom is -0.509 e. The zero-order chi connectivity index (χ0) is 33.8. The SMILES string of the molecule is [Pt+2].[c-]1c(Oc2[c-]c(C3(c4ccccn4)c4ccccc4-c4ccccc43)ccc2)cccc1C1(c2ccccn2)c2ccccc2-c2ccccc21. The summed E-state index contributed by atoms with van der Waals surface area (Å²) in [6, 6.07) is 66.6. The maximum absolute atomic E-state index is 6.74. The van der Waals surface area contributed by atoms with Crippen LogP contribution in [0.2, 0.25) is 0 Å². The van der Waals surface area contributed by atoms with E-state index in [0.29, 0.717) is 11.5 Å². The minimum absolute atomic E-state index is 0. The van der Waals surface area contributed by atoms with Gasteiger partial charge in [-0.3, -0.25) is 9.97 Å². The van der Waals surface area contributed by atoms with E-state index in [4.69, 9.17) is 14.7 Å². The van der Waals surface area contributed by atoms with Crippen molar-refractivity contribution in [3.8, 4) is 33.8 Å². The molecular weight excluding hydrogens is 816 g/mol. The number of benzene rings is 6. The van der Waals surface area contributed by atoms with E-state index in [0.717, 1.165) is 22.5 Å². The van der Waals surface area contributed by atoms with Gasteiger partial charge in [-0.2, -0.15) is 24.3 Å². The largest absolute Gasteiger partial charge is 2.00 e. The van der Waals surface area contributed by atoms with Gasteiger partial charge in [0.25, 0.3) is 0 Å². The standard InChI is InChI=1S/C48H30N2O.Pt/c1-5-23-41-37(19-1)38-20-2-6-24-42(38)47(41,45-27-9-11-29-49-45)33-15-13-17-35(31-33)51-36-18-14-16-34(32-36)48(46-28-10-12-30-50-46)43-25-7-3-21-39(43)40-22-4-8-26-44(40)48;/h1-30H;/q-2;+2. The molecule has 0 saturated heterocycles. The van der Waals surface area contributed by atoms with Gasteiger partial charge < -0.3 is 4.74 Å². The Morgan fingerprint density at radius 1 is 0.365 bits per heavy atom. The van der Waals surface area contributed by atoms with Crippen molar-refractivity contribution in [1.82, 2.24) is 9.97 Å². The van der Waals surface area contributed by atoms with Crippen molar-refractivity contribution in [2.75, 3.05) is 0 Å². The Labute approximate surface area is 317 Å². The van der Waals surface area contributed by atoms with E-state index in [-0.39, 0.29) is 21.1 Å². The molecule has 0 fully saturated rings. The van der Waals surface area contributed by atoms with Crippen LogP contribution in [0.1, 0.15) is 44.8 Å². The molecule has 2 aliphatic rings. The molecule has 0 radical (unpaired) electrons. The van der Waals surface area contributed by atoms with Crippen molar-refractivity contribution in [1.29, 1.82) is 0 Å². The first-order chi connectivity index (χ1) is 25.3.